The van der Waals surface area contributed by atoms with Crippen LogP contribution in [0.4, 0.5) is 5.13 Å². The fraction of sp³-hybridized carbons (Fsp3) is 0.333. The van der Waals surface area contributed by atoms with Gasteiger partial charge in [-0.3, -0.25) is 4.79 Å². The predicted molar refractivity (Wildman–Crippen MR) is 114 cm³/mol. The summed E-state index contributed by atoms with van der Waals surface area (Å²) in [5.41, 5.74) is 3.73. The average molecular weight is 409 g/mol. The molecule has 1 aliphatic carbocycles. The number of thiazole rings is 1. The van der Waals surface area contributed by atoms with Crippen molar-refractivity contribution in [3.05, 3.63) is 47.2 Å². The van der Waals surface area contributed by atoms with E-state index < -0.39 is 0 Å². The number of rotatable bonds is 4. The molecular weight excluding hydrogens is 388 g/mol. The first kappa shape index (κ1) is 18.9. The Balaban J connectivity index is 1.45. The standard InChI is InChI=1S/C21H20N4OS2/c22-12-15-11-14-7-3-1-2-4-8-16(14)23-20(15)27-13-19(26)25-21-24-17-9-5-6-10-18(17)28-21/h5-6,9-11H,1-4,7-8,13H2,(H,24,25,26). The van der Waals surface area contributed by atoms with Crippen molar-refractivity contribution in [2.24, 2.45) is 0 Å². The zero-order chi connectivity index (χ0) is 19.3. The monoisotopic (exact) mass is 408 g/mol. The normalized spacial score (nSPS) is 14.0. The molecule has 4 rings (SSSR count). The molecule has 0 radical (unpaired) electrons. The molecule has 0 bridgehead atoms. The third-order valence-electron chi connectivity index (χ3n) is 4.77. The first-order valence-electron chi connectivity index (χ1n) is 9.44. The molecule has 3 aromatic rings. The number of pyridine rings is 1. The van der Waals surface area contributed by atoms with Crippen LogP contribution in [0.25, 0.3) is 10.2 Å². The molecule has 7 heteroatoms. The number of aromatic nitrogens is 2. The summed E-state index contributed by atoms with van der Waals surface area (Å²) in [5.74, 6) is 0.0672. The van der Waals surface area contributed by atoms with Crippen molar-refractivity contribution in [2.75, 3.05) is 11.1 Å². The molecule has 1 N–H and O–H groups in total. The number of fused-ring (bicyclic) bond motifs is 2. The van der Waals surface area contributed by atoms with Gasteiger partial charge in [0, 0.05) is 5.69 Å². The van der Waals surface area contributed by atoms with Gasteiger partial charge in [-0.1, -0.05) is 48.1 Å². The van der Waals surface area contributed by atoms with Crippen molar-refractivity contribution in [2.45, 2.75) is 43.6 Å². The van der Waals surface area contributed by atoms with Gasteiger partial charge in [0.25, 0.3) is 0 Å². The molecule has 0 unspecified atom stereocenters. The Morgan fingerprint density at radius 1 is 1.18 bits per heavy atom. The number of para-hydroxylation sites is 1. The van der Waals surface area contributed by atoms with E-state index in [0.29, 0.717) is 15.7 Å². The van der Waals surface area contributed by atoms with Gasteiger partial charge in [-0.25, -0.2) is 9.97 Å². The average Bonchev–Trinajstić information content (AvgIpc) is 3.09. The van der Waals surface area contributed by atoms with E-state index in [4.69, 9.17) is 4.98 Å². The number of nitrogens with one attached hydrogen (secondary N) is 1. The second-order valence-electron chi connectivity index (χ2n) is 6.80. The van der Waals surface area contributed by atoms with Gasteiger partial charge in [0.15, 0.2) is 5.13 Å². The highest BCUT2D eigenvalue weighted by molar-refractivity contribution is 8.00. The molecule has 0 aliphatic heterocycles. The van der Waals surface area contributed by atoms with Gasteiger partial charge in [0.1, 0.15) is 11.1 Å². The number of aryl methyl sites for hydroxylation is 2. The second-order valence-corrected chi connectivity index (χ2v) is 8.79. The van der Waals surface area contributed by atoms with Crippen LogP contribution < -0.4 is 5.32 Å². The Bertz CT molecular complexity index is 1020. The highest BCUT2D eigenvalue weighted by Crippen LogP contribution is 2.28. The van der Waals surface area contributed by atoms with Crippen molar-refractivity contribution in [3.8, 4) is 6.07 Å². The summed E-state index contributed by atoms with van der Waals surface area (Å²) in [6, 6.07) is 12.0. The number of thioether (sulfide) groups is 1. The summed E-state index contributed by atoms with van der Waals surface area (Å²) in [6.45, 7) is 0. The molecule has 1 amide bonds. The van der Waals surface area contributed by atoms with Crippen LogP contribution in [0, 0.1) is 11.3 Å². The minimum Gasteiger partial charge on any atom is -0.301 e. The molecule has 0 saturated carbocycles. The largest absolute Gasteiger partial charge is 0.301 e. The summed E-state index contributed by atoms with van der Waals surface area (Å²) in [7, 11) is 0. The molecule has 0 saturated heterocycles. The summed E-state index contributed by atoms with van der Waals surface area (Å²) >= 11 is 2.78. The second kappa shape index (κ2) is 8.72. The van der Waals surface area contributed by atoms with Crippen molar-refractivity contribution < 1.29 is 4.79 Å². The van der Waals surface area contributed by atoms with E-state index in [1.165, 1.54) is 41.5 Å². The fourth-order valence-electron chi connectivity index (χ4n) is 3.37. The lowest BCUT2D eigenvalue weighted by Gasteiger charge is -2.15. The van der Waals surface area contributed by atoms with Gasteiger partial charge >= 0.3 is 0 Å². The molecule has 1 aromatic carbocycles. The van der Waals surface area contributed by atoms with Crippen LogP contribution in [0.2, 0.25) is 0 Å². The maximum absolute atomic E-state index is 12.4. The first-order chi connectivity index (χ1) is 13.7. The lowest BCUT2D eigenvalue weighted by atomic mass is 9.96. The Labute approximate surface area is 172 Å². The molecule has 2 aromatic heterocycles. The number of amides is 1. The number of hydrogen-bond acceptors (Lipinski definition) is 6. The van der Waals surface area contributed by atoms with Crippen molar-refractivity contribution in [1.82, 2.24) is 9.97 Å². The summed E-state index contributed by atoms with van der Waals surface area (Å²) < 4.78 is 1.04. The lowest BCUT2D eigenvalue weighted by Crippen LogP contribution is -2.14. The number of hydrogen-bond donors (Lipinski definition) is 1. The third-order valence-corrected chi connectivity index (χ3v) is 6.71. The van der Waals surface area contributed by atoms with E-state index in [0.717, 1.165) is 41.6 Å². The Hall–Kier alpha value is -2.43. The van der Waals surface area contributed by atoms with Crippen LogP contribution in [-0.4, -0.2) is 21.6 Å². The molecule has 1 aliphatic rings. The minimum absolute atomic E-state index is 0.138. The van der Waals surface area contributed by atoms with Crippen LogP contribution in [0.15, 0.2) is 35.4 Å². The number of carbonyl (C=O) groups is 1. The summed E-state index contributed by atoms with van der Waals surface area (Å²) in [5, 5.41) is 13.6. The zero-order valence-corrected chi connectivity index (χ0v) is 17.0. The number of nitrogens with zero attached hydrogens (tertiary/aromatic N) is 3. The van der Waals surface area contributed by atoms with E-state index >= 15 is 0 Å². The highest BCUT2D eigenvalue weighted by atomic mass is 32.2. The highest BCUT2D eigenvalue weighted by Gasteiger charge is 2.16. The fourth-order valence-corrected chi connectivity index (χ4v) is 5.03. The van der Waals surface area contributed by atoms with Crippen LogP contribution in [0.3, 0.4) is 0 Å². The molecule has 0 fully saturated rings. The molecule has 28 heavy (non-hydrogen) atoms. The quantitative estimate of drug-likeness (QED) is 0.618. The Morgan fingerprint density at radius 3 is 2.82 bits per heavy atom. The van der Waals surface area contributed by atoms with E-state index in [9.17, 15) is 10.1 Å². The van der Waals surface area contributed by atoms with Crippen LogP contribution in [0.5, 0.6) is 0 Å². The number of anilines is 1. The number of carbonyl (C=O) groups excluding carboxylic acids is 1. The molecule has 5 nitrogen and oxygen atoms in total. The maximum atomic E-state index is 12.4. The van der Waals surface area contributed by atoms with Crippen molar-refractivity contribution in [1.29, 1.82) is 5.26 Å². The number of benzene rings is 1. The third kappa shape index (κ3) is 4.34. The lowest BCUT2D eigenvalue weighted by molar-refractivity contribution is -0.113. The van der Waals surface area contributed by atoms with E-state index in [1.54, 1.807) is 0 Å². The van der Waals surface area contributed by atoms with Crippen LogP contribution in [-0.2, 0) is 17.6 Å². The van der Waals surface area contributed by atoms with E-state index in [-0.39, 0.29) is 11.7 Å². The topological polar surface area (TPSA) is 78.7 Å². The molecule has 0 atom stereocenters. The predicted octanol–water partition coefficient (Wildman–Crippen LogP) is 4.95. The Kier molecular flexibility index (Phi) is 5.89. The van der Waals surface area contributed by atoms with Gasteiger partial charge in [-0.15, -0.1) is 0 Å². The van der Waals surface area contributed by atoms with Gasteiger partial charge < -0.3 is 5.32 Å². The number of nitriles is 1. The molecule has 0 spiro atoms. The summed E-state index contributed by atoms with van der Waals surface area (Å²) in [4.78, 5) is 21.6. The molecule has 142 valence electrons. The minimum atomic E-state index is -0.138. The summed E-state index contributed by atoms with van der Waals surface area (Å²) in [6.07, 6.45) is 6.69. The molecular formula is C21H20N4OS2. The van der Waals surface area contributed by atoms with Crippen molar-refractivity contribution >= 4 is 44.4 Å². The molecule has 2 heterocycles. The van der Waals surface area contributed by atoms with Gasteiger partial charge in [-0.05, 0) is 49.4 Å². The zero-order valence-electron chi connectivity index (χ0n) is 15.4. The van der Waals surface area contributed by atoms with Gasteiger partial charge in [0.2, 0.25) is 5.91 Å². The van der Waals surface area contributed by atoms with Crippen LogP contribution >= 0.6 is 23.1 Å². The van der Waals surface area contributed by atoms with E-state index in [1.807, 2.05) is 30.3 Å². The van der Waals surface area contributed by atoms with Gasteiger partial charge in [-0.2, -0.15) is 5.26 Å². The van der Waals surface area contributed by atoms with Crippen LogP contribution in [0.1, 0.15) is 42.5 Å². The SMILES string of the molecule is N#Cc1cc2c(nc1SCC(=O)Nc1nc3ccccc3s1)CCCCCC2. The smallest absolute Gasteiger partial charge is 0.236 e. The van der Waals surface area contributed by atoms with Crippen molar-refractivity contribution in [3.63, 3.8) is 0 Å². The van der Waals surface area contributed by atoms with E-state index in [2.05, 4.69) is 16.4 Å². The van der Waals surface area contributed by atoms with Gasteiger partial charge in [0.05, 0.1) is 21.5 Å². The Morgan fingerprint density at radius 2 is 2.00 bits per heavy atom. The maximum Gasteiger partial charge on any atom is 0.236 e. The first-order valence-corrected chi connectivity index (χ1v) is 11.2.